The van der Waals surface area contributed by atoms with E-state index in [4.69, 9.17) is 4.74 Å². The van der Waals surface area contributed by atoms with Crippen molar-refractivity contribution in [1.29, 1.82) is 0 Å². The number of amides is 1. The second-order valence-electron chi connectivity index (χ2n) is 7.60. The third-order valence-corrected chi connectivity index (χ3v) is 6.86. The van der Waals surface area contributed by atoms with E-state index >= 15 is 0 Å². The highest BCUT2D eigenvalue weighted by atomic mass is 32.2. The molecule has 3 heterocycles. The number of aromatic nitrogens is 1. The van der Waals surface area contributed by atoms with Gasteiger partial charge in [-0.25, -0.2) is 13.2 Å². The number of ether oxygens (including phenoxy) is 1. The van der Waals surface area contributed by atoms with Crippen LogP contribution in [0.4, 0.5) is 4.79 Å². The lowest BCUT2D eigenvalue weighted by atomic mass is 10.0. The van der Waals surface area contributed by atoms with E-state index in [2.05, 4.69) is 4.98 Å². The van der Waals surface area contributed by atoms with Gasteiger partial charge in [0.15, 0.2) is 9.84 Å². The SMILES string of the molecule is CC(C)(C)OC(=O)N1[C@@H]2CC[C@H]1CC(S(=O)(=O)c1cccnc1)C2. The Balaban J connectivity index is 1.77. The van der Waals surface area contributed by atoms with Gasteiger partial charge in [0.25, 0.3) is 0 Å². The summed E-state index contributed by atoms with van der Waals surface area (Å²) in [5.74, 6) is 0. The molecule has 0 saturated carbocycles. The van der Waals surface area contributed by atoms with Crippen molar-refractivity contribution in [3.63, 3.8) is 0 Å². The number of carbonyl (C=O) groups excluding carboxylic acids is 1. The van der Waals surface area contributed by atoms with Crippen LogP contribution in [0, 0.1) is 0 Å². The summed E-state index contributed by atoms with van der Waals surface area (Å²) in [6, 6.07) is 3.10. The molecule has 7 heteroatoms. The van der Waals surface area contributed by atoms with Gasteiger partial charge in [-0.2, -0.15) is 0 Å². The van der Waals surface area contributed by atoms with Gasteiger partial charge in [-0.1, -0.05) is 0 Å². The normalized spacial score (nSPS) is 27.1. The number of hydrogen-bond acceptors (Lipinski definition) is 5. The molecule has 1 aromatic rings. The van der Waals surface area contributed by atoms with E-state index in [1.165, 1.54) is 6.20 Å². The average molecular weight is 352 g/mol. The zero-order chi connectivity index (χ0) is 17.5. The molecule has 0 aromatic carbocycles. The van der Waals surface area contributed by atoms with Gasteiger partial charge in [-0.3, -0.25) is 4.98 Å². The van der Waals surface area contributed by atoms with E-state index < -0.39 is 20.7 Å². The standard InChI is InChI=1S/C17H24N2O4S/c1-17(2,3)23-16(20)19-12-6-7-13(19)10-15(9-12)24(21,22)14-5-4-8-18-11-14/h4-5,8,11-13,15H,6-7,9-10H2,1-3H3/t12-,13+,15?. The third kappa shape index (κ3) is 3.27. The van der Waals surface area contributed by atoms with Crippen LogP contribution in [-0.4, -0.2) is 47.3 Å². The Morgan fingerprint density at radius 2 is 1.88 bits per heavy atom. The molecule has 0 N–H and O–H groups in total. The molecule has 0 aliphatic carbocycles. The zero-order valence-corrected chi connectivity index (χ0v) is 15.1. The molecule has 2 saturated heterocycles. The molecule has 1 unspecified atom stereocenters. The van der Waals surface area contributed by atoms with Gasteiger partial charge in [-0.15, -0.1) is 0 Å². The molecular formula is C17H24N2O4S. The highest BCUT2D eigenvalue weighted by Crippen LogP contribution is 2.40. The van der Waals surface area contributed by atoms with Gasteiger partial charge in [0.1, 0.15) is 5.60 Å². The van der Waals surface area contributed by atoms with Crippen LogP contribution in [0.5, 0.6) is 0 Å². The number of hydrogen-bond donors (Lipinski definition) is 0. The fourth-order valence-corrected chi connectivity index (χ4v) is 5.51. The predicted molar refractivity (Wildman–Crippen MR) is 89.3 cm³/mol. The van der Waals surface area contributed by atoms with Crippen LogP contribution in [0.25, 0.3) is 0 Å². The van der Waals surface area contributed by atoms with E-state index in [1.54, 1.807) is 23.2 Å². The number of nitrogens with zero attached hydrogens (tertiary/aromatic N) is 2. The maximum absolute atomic E-state index is 12.8. The molecule has 24 heavy (non-hydrogen) atoms. The third-order valence-electron chi connectivity index (χ3n) is 4.70. The Hall–Kier alpha value is -1.63. The lowest BCUT2D eigenvalue weighted by Gasteiger charge is -2.39. The largest absolute Gasteiger partial charge is 0.444 e. The first-order valence-electron chi connectivity index (χ1n) is 8.34. The van der Waals surface area contributed by atoms with Gasteiger partial charge in [0.05, 0.1) is 10.1 Å². The molecule has 0 spiro atoms. The Bertz CT molecular complexity index is 698. The van der Waals surface area contributed by atoms with E-state index in [9.17, 15) is 13.2 Å². The molecule has 1 amide bonds. The van der Waals surface area contributed by atoms with Crippen molar-refractivity contribution >= 4 is 15.9 Å². The molecule has 132 valence electrons. The summed E-state index contributed by atoms with van der Waals surface area (Å²) in [4.78, 5) is 18.4. The van der Waals surface area contributed by atoms with Crippen LogP contribution < -0.4 is 0 Å². The number of carbonyl (C=O) groups is 1. The van der Waals surface area contributed by atoms with Crippen LogP contribution in [0.3, 0.4) is 0 Å². The first kappa shape index (κ1) is 17.2. The van der Waals surface area contributed by atoms with Gasteiger partial charge in [0.2, 0.25) is 0 Å². The lowest BCUT2D eigenvalue weighted by Crippen LogP contribution is -2.51. The first-order chi connectivity index (χ1) is 11.2. The summed E-state index contributed by atoms with van der Waals surface area (Å²) in [7, 11) is -3.41. The van der Waals surface area contributed by atoms with Crippen molar-refractivity contribution in [2.75, 3.05) is 0 Å². The van der Waals surface area contributed by atoms with Crippen LogP contribution in [0.1, 0.15) is 46.5 Å². The molecule has 3 rings (SSSR count). The van der Waals surface area contributed by atoms with E-state index in [1.807, 2.05) is 20.8 Å². The van der Waals surface area contributed by atoms with E-state index in [-0.39, 0.29) is 23.1 Å². The second-order valence-corrected chi connectivity index (χ2v) is 9.83. The molecule has 0 radical (unpaired) electrons. The predicted octanol–water partition coefficient (Wildman–Crippen LogP) is 2.79. The molecule has 2 bridgehead atoms. The van der Waals surface area contributed by atoms with Crippen molar-refractivity contribution in [1.82, 2.24) is 9.88 Å². The zero-order valence-electron chi connectivity index (χ0n) is 14.3. The molecule has 6 nitrogen and oxygen atoms in total. The van der Waals surface area contributed by atoms with Crippen LogP contribution in [0.2, 0.25) is 0 Å². The maximum Gasteiger partial charge on any atom is 0.410 e. The van der Waals surface area contributed by atoms with E-state index in [0.717, 1.165) is 12.8 Å². The van der Waals surface area contributed by atoms with E-state index in [0.29, 0.717) is 12.8 Å². The van der Waals surface area contributed by atoms with Crippen LogP contribution >= 0.6 is 0 Å². The van der Waals surface area contributed by atoms with Crippen molar-refractivity contribution in [3.8, 4) is 0 Å². The summed E-state index contributed by atoms with van der Waals surface area (Å²) in [5.41, 5.74) is -0.546. The summed E-state index contributed by atoms with van der Waals surface area (Å²) in [6.45, 7) is 5.52. The maximum atomic E-state index is 12.8. The van der Waals surface area contributed by atoms with Gasteiger partial charge < -0.3 is 9.64 Å². The number of sulfone groups is 1. The van der Waals surface area contributed by atoms with Gasteiger partial charge >= 0.3 is 6.09 Å². The summed E-state index contributed by atoms with van der Waals surface area (Å²) in [5, 5.41) is -0.460. The minimum absolute atomic E-state index is 0.0601. The van der Waals surface area contributed by atoms with Crippen LogP contribution in [-0.2, 0) is 14.6 Å². The summed E-state index contributed by atoms with van der Waals surface area (Å²) >= 11 is 0. The Labute approximate surface area is 143 Å². The molecule has 3 atom stereocenters. The summed E-state index contributed by atoms with van der Waals surface area (Å²) < 4.78 is 31.2. The number of piperidine rings is 1. The van der Waals surface area contributed by atoms with Crippen molar-refractivity contribution in [3.05, 3.63) is 24.5 Å². The second kappa shape index (κ2) is 6.02. The molecule has 2 aliphatic heterocycles. The highest BCUT2D eigenvalue weighted by Gasteiger charge is 2.48. The molecular weight excluding hydrogens is 328 g/mol. The fraction of sp³-hybridized carbons (Fsp3) is 0.647. The highest BCUT2D eigenvalue weighted by molar-refractivity contribution is 7.92. The minimum Gasteiger partial charge on any atom is -0.444 e. The lowest BCUT2D eigenvalue weighted by molar-refractivity contribution is 0.00813. The minimum atomic E-state index is -3.41. The number of rotatable bonds is 2. The van der Waals surface area contributed by atoms with Crippen molar-refractivity contribution < 1.29 is 17.9 Å². The number of pyridine rings is 1. The first-order valence-corrected chi connectivity index (χ1v) is 9.88. The Kier molecular flexibility index (Phi) is 4.32. The monoisotopic (exact) mass is 352 g/mol. The number of fused-ring (bicyclic) bond motifs is 2. The quantitative estimate of drug-likeness (QED) is 0.818. The smallest absolute Gasteiger partial charge is 0.410 e. The molecule has 1 aromatic heterocycles. The Morgan fingerprint density at radius 1 is 1.25 bits per heavy atom. The van der Waals surface area contributed by atoms with Crippen LogP contribution in [0.15, 0.2) is 29.4 Å². The Morgan fingerprint density at radius 3 is 2.38 bits per heavy atom. The van der Waals surface area contributed by atoms with Gasteiger partial charge in [0, 0.05) is 24.5 Å². The van der Waals surface area contributed by atoms with Gasteiger partial charge in [-0.05, 0) is 58.6 Å². The average Bonchev–Trinajstić information content (AvgIpc) is 2.77. The molecule has 2 aliphatic rings. The molecule has 2 fully saturated rings. The topological polar surface area (TPSA) is 76.6 Å². The van der Waals surface area contributed by atoms with Crippen molar-refractivity contribution in [2.45, 2.75) is 74.3 Å². The van der Waals surface area contributed by atoms with Crippen molar-refractivity contribution in [2.24, 2.45) is 0 Å². The fourth-order valence-electron chi connectivity index (χ4n) is 3.70. The summed E-state index contributed by atoms with van der Waals surface area (Å²) in [6.07, 6.45) is 5.24.